The Hall–Kier alpha value is -1.23. The van der Waals surface area contributed by atoms with Gasteiger partial charge in [-0.3, -0.25) is 4.31 Å². The first-order chi connectivity index (χ1) is 9.46. The van der Waals surface area contributed by atoms with E-state index in [4.69, 9.17) is 23.2 Å². The van der Waals surface area contributed by atoms with Gasteiger partial charge in [-0.2, -0.15) is 0 Å². The zero-order chi connectivity index (χ0) is 14.8. The van der Waals surface area contributed by atoms with E-state index in [1.54, 1.807) is 31.2 Å². The molecule has 106 valence electrons. The molecule has 0 aromatic heterocycles. The number of para-hydroxylation sites is 1. The molecule has 0 spiro atoms. The van der Waals surface area contributed by atoms with Gasteiger partial charge in [-0.25, -0.2) is 8.42 Å². The molecular formula is C14H13Cl2NO2S. The average molecular weight is 330 g/mol. The van der Waals surface area contributed by atoms with Crippen LogP contribution in [0.3, 0.4) is 0 Å². The standard InChI is InChI=1S/C14H13Cl2NO2S/c1-2-17(11-6-4-3-5-7-11)20(18,19)12-8-9-13(15)14(16)10-12/h3-10H,2H2,1H3. The summed E-state index contributed by atoms with van der Waals surface area (Å²) in [5.41, 5.74) is 0.612. The third kappa shape index (κ3) is 2.92. The number of benzene rings is 2. The van der Waals surface area contributed by atoms with Crippen LogP contribution in [0.4, 0.5) is 5.69 Å². The topological polar surface area (TPSA) is 37.4 Å². The molecule has 20 heavy (non-hydrogen) atoms. The maximum absolute atomic E-state index is 12.7. The Morgan fingerprint density at radius 1 is 1.00 bits per heavy atom. The second-order valence-electron chi connectivity index (χ2n) is 4.08. The Morgan fingerprint density at radius 3 is 2.20 bits per heavy atom. The van der Waals surface area contributed by atoms with Crippen molar-refractivity contribution in [3.05, 3.63) is 58.6 Å². The summed E-state index contributed by atoms with van der Waals surface area (Å²) in [5, 5.41) is 0.547. The molecule has 0 saturated carbocycles. The largest absolute Gasteiger partial charge is 0.267 e. The fraction of sp³-hybridized carbons (Fsp3) is 0.143. The van der Waals surface area contributed by atoms with Crippen molar-refractivity contribution in [2.24, 2.45) is 0 Å². The van der Waals surface area contributed by atoms with Gasteiger partial charge < -0.3 is 0 Å². The summed E-state index contributed by atoms with van der Waals surface area (Å²) >= 11 is 11.7. The highest BCUT2D eigenvalue weighted by molar-refractivity contribution is 7.92. The van der Waals surface area contributed by atoms with Gasteiger partial charge in [0.25, 0.3) is 10.0 Å². The lowest BCUT2D eigenvalue weighted by Gasteiger charge is -2.23. The van der Waals surface area contributed by atoms with Crippen molar-refractivity contribution in [3.63, 3.8) is 0 Å². The first kappa shape index (κ1) is 15.2. The maximum atomic E-state index is 12.7. The Balaban J connectivity index is 2.50. The summed E-state index contributed by atoms with van der Waals surface area (Å²) in [6.07, 6.45) is 0. The van der Waals surface area contributed by atoms with E-state index in [1.165, 1.54) is 22.5 Å². The Bertz CT molecular complexity index is 702. The number of hydrogen-bond donors (Lipinski definition) is 0. The molecule has 0 heterocycles. The SMILES string of the molecule is CCN(c1ccccc1)S(=O)(=O)c1ccc(Cl)c(Cl)c1. The van der Waals surface area contributed by atoms with Crippen LogP contribution in [0.25, 0.3) is 0 Å². The summed E-state index contributed by atoms with van der Waals surface area (Å²) in [5.74, 6) is 0. The first-order valence-corrected chi connectivity index (χ1v) is 8.19. The molecule has 0 amide bonds. The maximum Gasteiger partial charge on any atom is 0.264 e. The molecule has 0 aliphatic rings. The van der Waals surface area contributed by atoms with Crippen molar-refractivity contribution >= 4 is 38.9 Å². The van der Waals surface area contributed by atoms with E-state index in [0.717, 1.165) is 0 Å². The molecule has 0 atom stereocenters. The van der Waals surface area contributed by atoms with Crippen molar-refractivity contribution in [2.75, 3.05) is 10.8 Å². The molecule has 2 aromatic rings. The molecule has 0 fully saturated rings. The first-order valence-electron chi connectivity index (χ1n) is 5.99. The lowest BCUT2D eigenvalue weighted by molar-refractivity contribution is 0.592. The third-order valence-corrected chi connectivity index (χ3v) is 5.45. The van der Waals surface area contributed by atoms with Crippen LogP contribution in [0.1, 0.15) is 6.92 Å². The van der Waals surface area contributed by atoms with E-state index in [0.29, 0.717) is 17.3 Å². The van der Waals surface area contributed by atoms with E-state index < -0.39 is 10.0 Å². The van der Waals surface area contributed by atoms with Crippen LogP contribution < -0.4 is 4.31 Å². The highest BCUT2D eigenvalue weighted by Crippen LogP contribution is 2.28. The molecule has 0 aliphatic carbocycles. The molecule has 0 radical (unpaired) electrons. The minimum atomic E-state index is -3.65. The number of halogens is 2. The molecule has 0 N–H and O–H groups in total. The van der Waals surface area contributed by atoms with Crippen LogP contribution >= 0.6 is 23.2 Å². The minimum Gasteiger partial charge on any atom is -0.267 e. The lowest BCUT2D eigenvalue weighted by Crippen LogP contribution is -2.30. The minimum absolute atomic E-state index is 0.123. The molecule has 0 saturated heterocycles. The molecule has 6 heteroatoms. The average Bonchev–Trinajstić information content (AvgIpc) is 2.43. The van der Waals surface area contributed by atoms with Crippen LogP contribution in [-0.4, -0.2) is 15.0 Å². The summed E-state index contributed by atoms with van der Waals surface area (Å²) in [6.45, 7) is 2.11. The Kier molecular flexibility index (Phi) is 4.58. The van der Waals surface area contributed by atoms with Crippen molar-refractivity contribution in [1.82, 2.24) is 0 Å². The Labute approximate surface area is 128 Å². The van der Waals surface area contributed by atoms with E-state index in [9.17, 15) is 8.42 Å². The van der Waals surface area contributed by atoms with Gasteiger partial charge >= 0.3 is 0 Å². The number of hydrogen-bond acceptors (Lipinski definition) is 2. The monoisotopic (exact) mass is 329 g/mol. The van der Waals surface area contributed by atoms with Crippen molar-refractivity contribution in [3.8, 4) is 0 Å². The molecule has 0 bridgehead atoms. The van der Waals surface area contributed by atoms with Crippen LogP contribution in [0.2, 0.25) is 10.0 Å². The van der Waals surface area contributed by atoms with E-state index in [2.05, 4.69) is 0 Å². The number of rotatable bonds is 4. The van der Waals surface area contributed by atoms with Crippen molar-refractivity contribution in [2.45, 2.75) is 11.8 Å². The van der Waals surface area contributed by atoms with Crippen LogP contribution in [0.15, 0.2) is 53.4 Å². The lowest BCUT2D eigenvalue weighted by atomic mass is 10.3. The van der Waals surface area contributed by atoms with Gasteiger partial charge in [-0.05, 0) is 37.3 Å². The van der Waals surface area contributed by atoms with Crippen LogP contribution in [0, 0.1) is 0 Å². The molecule has 2 aromatic carbocycles. The van der Waals surface area contributed by atoms with Gasteiger partial charge in [-0.1, -0.05) is 41.4 Å². The van der Waals surface area contributed by atoms with Crippen LogP contribution in [-0.2, 0) is 10.0 Å². The predicted octanol–water partition coefficient (Wildman–Crippen LogP) is 4.21. The second kappa shape index (κ2) is 6.04. The van der Waals surface area contributed by atoms with Gasteiger partial charge in [0.2, 0.25) is 0 Å². The molecule has 0 unspecified atom stereocenters. The van der Waals surface area contributed by atoms with E-state index >= 15 is 0 Å². The van der Waals surface area contributed by atoms with Crippen molar-refractivity contribution < 1.29 is 8.42 Å². The second-order valence-corrected chi connectivity index (χ2v) is 6.76. The van der Waals surface area contributed by atoms with Gasteiger partial charge in [0.15, 0.2) is 0 Å². The molecule has 2 rings (SSSR count). The number of anilines is 1. The summed E-state index contributed by atoms with van der Waals surface area (Å²) < 4.78 is 26.6. The third-order valence-electron chi connectivity index (χ3n) is 2.81. The van der Waals surface area contributed by atoms with E-state index in [1.807, 2.05) is 6.07 Å². The quantitative estimate of drug-likeness (QED) is 0.842. The molecular weight excluding hydrogens is 317 g/mol. The van der Waals surface area contributed by atoms with E-state index in [-0.39, 0.29) is 9.92 Å². The summed E-state index contributed by atoms with van der Waals surface area (Å²) in [6, 6.07) is 13.2. The fourth-order valence-electron chi connectivity index (χ4n) is 1.85. The van der Waals surface area contributed by atoms with Crippen molar-refractivity contribution in [1.29, 1.82) is 0 Å². The predicted molar refractivity (Wildman–Crippen MR) is 83.1 cm³/mol. The zero-order valence-corrected chi connectivity index (χ0v) is 13.1. The fourth-order valence-corrected chi connectivity index (χ4v) is 3.71. The van der Waals surface area contributed by atoms with Gasteiger partial charge in [0.1, 0.15) is 0 Å². The highest BCUT2D eigenvalue weighted by Gasteiger charge is 2.24. The van der Waals surface area contributed by atoms with Crippen LogP contribution in [0.5, 0.6) is 0 Å². The smallest absolute Gasteiger partial charge is 0.264 e. The number of sulfonamides is 1. The van der Waals surface area contributed by atoms with Gasteiger partial charge in [0.05, 0.1) is 20.6 Å². The van der Waals surface area contributed by atoms with Gasteiger partial charge in [0, 0.05) is 6.54 Å². The zero-order valence-electron chi connectivity index (χ0n) is 10.8. The normalized spacial score (nSPS) is 11.3. The Morgan fingerprint density at radius 2 is 1.65 bits per heavy atom. The summed E-state index contributed by atoms with van der Waals surface area (Å²) in [4.78, 5) is 0.123. The van der Waals surface area contributed by atoms with Gasteiger partial charge in [-0.15, -0.1) is 0 Å². The number of nitrogens with zero attached hydrogens (tertiary/aromatic N) is 1. The molecule has 3 nitrogen and oxygen atoms in total. The summed E-state index contributed by atoms with van der Waals surface area (Å²) in [7, 11) is -3.65. The molecule has 0 aliphatic heterocycles. The highest BCUT2D eigenvalue weighted by atomic mass is 35.5.